The lowest BCUT2D eigenvalue weighted by molar-refractivity contribution is 0.644. The van der Waals surface area contributed by atoms with E-state index in [1.54, 1.807) is 4.68 Å². The fourth-order valence-corrected chi connectivity index (χ4v) is 1.07. The first-order valence-corrected chi connectivity index (χ1v) is 3.72. The summed E-state index contributed by atoms with van der Waals surface area (Å²) in [4.78, 5) is 0. The molecule has 0 aliphatic heterocycles. The molecule has 1 radical (unpaired) electrons. The number of aromatic nitrogens is 2. The van der Waals surface area contributed by atoms with E-state index < -0.39 is 0 Å². The van der Waals surface area contributed by atoms with Crippen LogP contribution in [0.5, 0.6) is 0 Å². The van der Waals surface area contributed by atoms with Gasteiger partial charge in [-0.3, -0.25) is 4.68 Å². The Labute approximate surface area is 66.9 Å². The maximum absolute atomic E-state index is 5.62. The van der Waals surface area contributed by atoms with E-state index in [0.717, 1.165) is 11.1 Å². The molecule has 2 nitrogen and oxygen atoms in total. The fourth-order valence-electron chi connectivity index (χ4n) is 0.517. The van der Waals surface area contributed by atoms with Crippen molar-refractivity contribution in [3.8, 4) is 0 Å². The summed E-state index contributed by atoms with van der Waals surface area (Å²) in [7, 11) is 0. The summed E-state index contributed by atoms with van der Waals surface area (Å²) >= 11 is 8.87. The first-order valence-electron chi connectivity index (χ1n) is 2.55. The number of rotatable bonds is 1. The van der Waals surface area contributed by atoms with Gasteiger partial charge >= 0.3 is 0 Å². The Bertz CT molecular complexity index is 209. The number of halogens is 2. The van der Waals surface area contributed by atoms with E-state index in [4.69, 9.17) is 11.6 Å². The van der Waals surface area contributed by atoms with Gasteiger partial charge < -0.3 is 0 Å². The maximum Gasteiger partial charge on any atom is 0.134 e. The highest BCUT2D eigenvalue weighted by atomic mass is 79.9. The van der Waals surface area contributed by atoms with Crippen molar-refractivity contribution < 1.29 is 0 Å². The minimum Gasteiger partial charge on any atom is -0.256 e. The SMILES string of the molecule is CCn1n[c]c(Cl)c1Br. The number of nitrogens with zero attached hydrogens (tertiary/aromatic N) is 2. The summed E-state index contributed by atoms with van der Waals surface area (Å²) < 4.78 is 2.52. The molecule has 0 aliphatic rings. The van der Waals surface area contributed by atoms with Crippen LogP contribution in [0, 0.1) is 6.20 Å². The van der Waals surface area contributed by atoms with Crippen molar-refractivity contribution in [2.75, 3.05) is 0 Å². The third-order valence-corrected chi connectivity index (χ3v) is 2.27. The Morgan fingerprint density at radius 1 is 1.89 bits per heavy atom. The molecule has 49 valence electrons. The molecule has 1 aromatic heterocycles. The fraction of sp³-hybridized carbons (Fsp3) is 0.400. The highest BCUT2D eigenvalue weighted by molar-refractivity contribution is 9.10. The van der Waals surface area contributed by atoms with E-state index >= 15 is 0 Å². The Morgan fingerprint density at radius 2 is 2.56 bits per heavy atom. The van der Waals surface area contributed by atoms with Crippen molar-refractivity contribution in [3.05, 3.63) is 15.8 Å². The molecule has 0 atom stereocenters. The number of hydrogen-bond donors (Lipinski definition) is 0. The summed E-state index contributed by atoms with van der Waals surface area (Å²) in [6.07, 6.45) is 2.62. The second-order valence-corrected chi connectivity index (χ2v) is 2.66. The predicted molar refractivity (Wildman–Crippen MR) is 39.4 cm³/mol. The first-order chi connectivity index (χ1) is 4.25. The minimum atomic E-state index is 0.539. The largest absolute Gasteiger partial charge is 0.256 e. The molecule has 0 aromatic carbocycles. The normalized spacial score (nSPS) is 10.1. The monoisotopic (exact) mass is 207 g/mol. The van der Waals surface area contributed by atoms with Gasteiger partial charge in [0.25, 0.3) is 0 Å². The lowest BCUT2D eigenvalue weighted by Crippen LogP contribution is -1.94. The zero-order valence-electron chi connectivity index (χ0n) is 4.86. The van der Waals surface area contributed by atoms with Gasteiger partial charge in [-0.1, -0.05) is 11.6 Å². The molecular formula is C5H5BrClN2. The van der Waals surface area contributed by atoms with Gasteiger partial charge in [0.1, 0.15) is 15.8 Å². The zero-order valence-corrected chi connectivity index (χ0v) is 7.20. The van der Waals surface area contributed by atoms with Crippen LogP contribution < -0.4 is 0 Å². The van der Waals surface area contributed by atoms with Gasteiger partial charge in [-0.2, -0.15) is 5.10 Å². The van der Waals surface area contributed by atoms with Gasteiger partial charge in [-0.25, -0.2) is 0 Å². The van der Waals surface area contributed by atoms with Gasteiger partial charge in [0.05, 0.1) is 0 Å². The second kappa shape index (κ2) is 2.71. The van der Waals surface area contributed by atoms with E-state index in [0.29, 0.717) is 5.02 Å². The molecule has 1 heterocycles. The zero-order chi connectivity index (χ0) is 6.85. The van der Waals surface area contributed by atoms with Crippen molar-refractivity contribution in [1.29, 1.82) is 0 Å². The molecule has 0 N–H and O–H groups in total. The Kier molecular flexibility index (Phi) is 2.13. The average molecular weight is 208 g/mol. The van der Waals surface area contributed by atoms with Gasteiger partial charge in [0.2, 0.25) is 0 Å². The van der Waals surface area contributed by atoms with Gasteiger partial charge in [-0.05, 0) is 22.9 Å². The van der Waals surface area contributed by atoms with Crippen LogP contribution in [0.1, 0.15) is 6.92 Å². The van der Waals surface area contributed by atoms with Crippen molar-refractivity contribution in [1.82, 2.24) is 9.78 Å². The average Bonchev–Trinajstić information content (AvgIpc) is 2.15. The Balaban J connectivity index is 3.04. The topological polar surface area (TPSA) is 17.8 Å². The van der Waals surface area contributed by atoms with E-state index in [1.165, 1.54) is 0 Å². The molecule has 0 bridgehead atoms. The number of aryl methyl sites for hydroxylation is 1. The predicted octanol–water partition coefficient (Wildman–Crippen LogP) is 2.12. The van der Waals surface area contributed by atoms with E-state index in [1.807, 2.05) is 6.92 Å². The van der Waals surface area contributed by atoms with Gasteiger partial charge in [0, 0.05) is 6.54 Å². The first kappa shape index (κ1) is 7.09. The molecule has 0 unspecified atom stereocenters. The van der Waals surface area contributed by atoms with E-state index in [-0.39, 0.29) is 0 Å². The van der Waals surface area contributed by atoms with Crippen LogP contribution in [0.3, 0.4) is 0 Å². The molecule has 4 heteroatoms. The van der Waals surface area contributed by atoms with Crippen molar-refractivity contribution in [3.63, 3.8) is 0 Å². The third-order valence-electron chi connectivity index (χ3n) is 0.976. The molecule has 1 rings (SSSR count). The lowest BCUT2D eigenvalue weighted by atomic mass is 10.7. The summed E-state index contributed by atoms with van der Waals surface area (Å²) in [5.74, 6) is 0. The molecule has 9 heavy (non-hydrogen) atoms. The highest BCUT2D eigenvalue weighted by Gasteiger charge is 2.02. The maximum atomic E-state index is 5.62. The summed E-state index contributed by atoms with van der Waals surface area (Å²) in [5, 5.41) is 4.39. The minimum absolute atomic E-state index is 0.539. The molecule has 0 amide bonds. The molecular weight excluding hydrogens is 203 g/mol. The molecule has 0 spiro atoms. The third kappa shape index (κ3) is 1.27. The highest BCUT2D eigenvalue weighted by Crippen LogP contribution is 2.19. The molecule has 0 fully saturated rings. The summed E-state index contributed by atoms with van der Waals surface area (Å²) in [6, 6.07) is 0. The summed E-state index contributed by atoms with van der Waals surface area (Å²) in [5.41, 5.74) is 0. The molecule has 0 saturated heterocycles. The van der Waals surface area contributed by atoms with Crippen molar-refractivity contribution in [2.45, 2.75) is 13.5 Å². The van der Waals surface area contributed by atoms with E-state index in [9.17, 15) is 0 Å². The van der Waals surface area contributed by atoms with Gasteiger partial charge in [-0.15, -0.1) is 0 Å². The van der Waals surface area contributed by atoms with Crippen LogP contribution in [0.25, 0.3) is 0 Å². The van der Waals surface area contributed by atoms with E-state index in [2.05, 4.69) is 27.2 Å². The van der Waals surface area contributed by atoms with Crippen LogP contribution in [0.4, 0.5) is 0 Å². The Hall–Kier alpha value is -0.0200. The van der Waals surface area contributed by atoms with Crippen molar-refractivity contribution in [2.24, 2.45) is 0 Å². The van der Waals surface area contributed by atoms with Crippen LogP contribution in [0.2, 0.25) is 5.02 Å². The smallest absolute Gasteiger partial charge is 0.134 e. The number of hydrogen-bond acceptors (Lipinski definition) is 1. The van der Waals surface area contributed by atoms with Crippen LogP contribution in [0.15, 0.2) is 4.60 Å². The molecule has 1 aromatic rings. The molecule has 0 saturated carbocycles. The van der Waals surface area contributed by atoms with Crippen LogP contribution in [-0.4, -0.2) is 9.78 Å². The van der Waals surface area contributed by atoms with Gasteiger partial charge in [0.15, 0.2) is 0 Å². The Morgan fingerprint density at radius 3 is 2.78 bits per heavy atom. The summed E-state index contributed by atoms with van der Waals surface area (Å²) in [6.45, 7) is 2.80. The van der Waals surface area contributed by atoms with Crippen LogP contribution in [-0.2, 0) is 6.54 Å². The molecule has 0 aliphatic carbocycles. The standard InChI is InChI=1S/C5H5BrClN2/c1-2-9-5(6)4(7)3-8-9/h2H2,1H3. The van der Waals surface area contributed by atoms with Crippen molar-refractivity contribution >= 4 is 27.5 Å². The quantitative estimate of drug-likeness (QED) is 0.691. The van der Waals surface area contributed by atoms with Crippen LogP contribution >= 0.6 is 27.5 Å². The lowest BCUT2D eigenvalue weighted by Gasteiger charge is -1.94. The second-order valence-electron chi connectivity index (χ2n) is 1.53.